The monoisotopic (exact) mass is 352 g/mol. The topological polar surface area (TPSA) is 71.1 Å². The average molecular weight is 352 g/mol. The van der Waals surface area contributed by atoms with Crippen molar-refractivity contribution < 1.29 is 28.5 Å². The highest BCUT2D eigenvalue weighted by molar-refractivity contribution is 5.97. The molecule has 0 atom stereocenters. The fourth-order valence-corrected chi connectivity index (χ4v) is 2.08. The van der Waals surface area contributed by atoms with Crippen LogP contribution in [0, 0.1) is 0 Å². The van der Waals surface area contributed by atoms with E-state index >= 15 is 0 Å². The van der Waals surface area contributed by atoms with Gasteiger partial charge < -0.3 is 18.9 Å². The predicted octanol–water partition coefficient (Wildman–Crippen LogP) is 2.23. The maximum atomic E-state index is 11.5. The van der Waals surface area contributed by atoms with Crippen LogP contribution in [0.15, 0.2) is 24.3 Å². The molecule has 6 heteroatoms. The molecule has 0 unspecified atom stereocenters. The lowest BCUT2D eigenvalue weighted by atomic mass is 10.1. The first kappa shape index (κ1) is 21.3. The summed E-state index contributed by atoms with van der Waals surface area (Å²) in [5, 5.41) is 0. The molecule has 0 N–H and O–H groups in total. The first-order valence-corrected chi connectivity index (χ1v) is 8.49. The van der Waals surface area contributed by atoms with Crippen LogP contribution >= 0.6 is 0 Å². The average Bonchev–Trinajstić information content (AvgIpc) is 2.59. The highest BCUT2D eigenvalue weighted by atomic mass is 16.6. The third-order valence-corrected chi connectivity index (χ3v) is 3.36. The summed E-state index contributed by atoms with van der Waals surface area (Å²) in [5.41, 5.74) is 1.05. The lowest BCUT2D eigenvalue weighted by Gasteiger charge is -2.08. The number of carbonyl (C=O) groups is 2. The van der Waals surface area contributed by atoms with Gasteiger partial charge in [-0.05, 0) is 31.0 Å². The van der Waals surface area contributed by atoms with Crippen LogP contribution in [0.25, 0.3) is 0 Å². The van der Waals surface area contributed by atoms with Crippen molar-refractivity contribution in [2.24, 2.45) is 0 Å². The second-order valence-corrected chi connectivity index (χ2v) is 5.63. The predicted molar refractivity (Wildman–Crippen MR) is 94.1 cm³/mol. The summed E-state index contributed by atoms with van der Waals surface area (Å²) in [7, 11) is 1.64. The first-order valence-electron chi connectivity index (χ1n) is 8.49. The number of methoxy groups -OCH3 is 1. The summed E-state index contributed by atoms with van der Waals surface area (Å²) in [6.07, 6.45) is 1.05. The molecule has 1 aromatic rings. The van der Waals surface area contributed by atoms with Gasteiger partial charge >= 0.3 is 0 Å². The molecule has 6 nitrogen and oxygen atoms in total. The van der Waals surface area contributed by atoms with Crippen molar-refractivity contribution >= 4 is 11.6 Å². The smallest absolute Gasteiger partial charge is 0.140 e. The minimum atomic E-state index is -0.0856. The van der Waals surface area contributed by atoms with Crippen molar-refractivity contribution in [2.45, 2.75) is 26.2 Å². The minimum Gasteiger partial charge on any atom is -0.491 e. The zero-order chi connectivity index (χ0) is 18.3. The van der Waals surface area contributed by atoms with Gasteiger partial charge in [0.25, 0.3) is 0 Å². The quantitative estimate of drug-likeness (QED) is 0.356. The van der Waals surface area contributed by atoms with Crippen LogP contribution in [0.4, 0.5) is 0 Å². The molecule has 0 saturated heterocycles. The van der Waals surface area contributed by atoms with Gasteiger partial charge in [0.2, 0.25) is 0 Å². The van der Waals surface area contributed by atoms with Gasteiger partial charge in [-0.25, -0.2) is 0 Å². The van der Waals surface area contributed by atoms with Crippen molar-refractivity contribution in [3.63, 3.8) is 0 Å². The lowest BCUT2D eigenvalue weighted by Crippen LogP contribution is -2.12. The molecule has 0 aliphatic carbocycles. The Labute approximate surface area is 149 Å². The summed E-state index contributed by atoms with van der Waals surface area (Å²) >= 11 is 0. The number of hydrogen-bond donors (Lipinski definition) is 0. The molecule has 0 radical (unpaired) electrons. The van der Waals surface area contributed by atoms with E-state index in [0.29, 0.717) is 52.5 Å². The Morgan fingerprint density at radius 1 is 0.880 bits per heavy atom. The van der Waals surface area contributed by atoms with Crippen molar-refractivity contribution in [1.82, 2.24) is 0 Å². The SMILES string of the molecule is COCCOCCOCCOc1ccc(CCC(=O)CC(C)=O)cc1. The van der Waals surface area contributed by atoms with Gasteiger partial charge in [-0.1, -0.05) is 12.1 Å². The van der Waals surface area contributed by atoms with Gasteiger partial charge in [-0.15, -0.1) is 0 Å². The molecule has 0 heterocycles. The molecule has 0 aromatic heterocycles. The van der Waals surface area contributed by atoms with Crippen LogP contribution in [-0.2, 0) is 30.2 Å². The molecule has 0 fully saturated rings. The van der Waals surface area contributed by atoms with Gasteiger partial charge in [0.05, 0.1) is 39.5 Å². The van der Waals surface area contributed by atoms with E-state index in [9.17, 15) is 9.59 Å². The molecule has 1 rings (SSSR count). The highest BCUT2D eigenvalue weighted by Gasteiger charge is 2.06. The third kappa shape index (κ3) is 11.4. The molecule has 0 saturated carbocycles. The van der Waals surface area contributed by atoms with Crippen LogP contribution < -0.4 is 4.74 Å². The number of hydrogen-bond acceptors (Lipinski definition) is 6. The van der Waals surface area contributed by atoms with E-state index in [4.69, 9.17) is 18.9 Å². The number of ketones is 2. The van der Waals surface area contributed by atoms with E-state index in [1.807, 2.05) is 24.3 Å². The van der Waals surface area contributed by atoms with Crippen molar-refractivity contribution in [3.05, 3.63) is 29.8 Å². The summed E-state index contributed by atoms with van der Waals surface area (Å²) in [6, 6.07) is 7.61. The standard InChI is InChI=1S/C19H28O6/c1-16(20)15-18(21)6-3-17-4-7-19(8-5-17)25-14-13-24-12-11-23-10-9-22-2/h4-5,7-8H,3,6,9-15H2,1-2H3. The van der Waals surface area contributed by atoms with Gasteiger partial charge in [0, 0.05) is 13.5 Å². The molecular weight excluding hydrogens is 324 g/mol. The molecule has 0 aliphatic heterocycles. The second-order valence-electron chi connectivity index (χ2n) is 5.63. The van der Waals surface area contributed by atoms with Gasteiger partial charge in [0.15, 0.2) is 0 Å². The molecule has 25 heavy (non-hydrogen) atoms. The van der Waals surface area contributed by atoms with Crippen molar-refractivity contribution in [1.29, 1.82) is 0 Å². The summed E-state index contributed by atoms with van der Waals surface area (Å²) < 4.78 is 21.1. The van der Waals surface area contributed by atoms with Crippen LogP contribution in [0.1, 0.15) is 25.3 Å². The Kier molecular flexibility index (Phi) is 11.5. The molecule has 1 aromatic carbocycles. The van der Waals surface area contributed by atoms with E-state index in [1.165, 1.54) is 6.92 Å². The minimum absolute atomic E-state index is 0.0174. The zero-order valence-corrected chi connectivity index (χ0v) is 15.1. The normalized spacial score (nSPS) is 10.6. The Morgan fingerprint density at radius 3 is 2.08 bits per heavy atom. The van der Waals surface area contributed by atoms with E-state index in [2.05, 4.69) is 0 Å². The molecule has 0 amide bonds. The lowest BCUT2D eigenvalue weighted by molar-refractivity contribution is -0.125. The third-order valence-electron chi connectivity index (χ3n) is 3.36. The summed E-state index contributed by atoms with van der Waals surface area (Å²) in [6.45, 7) is 4.62. The van der Waals surface area contributed by atoms with Crippen LogP contribution in [0.2, 0.25) is 0 Å². The van der Waals surface area contributed by atoms with Crippen molar-refractivity contribution in [2.75, 3.05) is 46.8 Å². The number of Topliss-reactive ketones (excluding diaryl/α,β-unsaturated/α-hetero) is 2. The Balaban J connectivity index is 2.10. The number of rotatable bonds is 15. The van der Waals surface area contributed by atoms with E-state index in [0.717, 1.165) is 11.3 Å². The Bertz CT molecular complexity index is 497. The number of carbonyl (C=O) groups excluding carboxylic acids is 2. The van der Waals surface area contributed by atoms with Gasteiger partial charge in [-0.3, -0.25) is 9.59 Å². The zero-order valence-electron chi connectivity index (χ0n) is 15.1. The highest BCUT2D eigenvalue weighted by Crippen LogP contribution is 2.13. The van der Waals surface area contributed by atoms with Crippen molar-refractivity contribution in [3.8, 4) is 5.75 Å². The fourth-order valence-electron chi connectivity index (χ4n) is 2.08. The van der Waals surface area contributed by atoms with E-state index in [-0.39, 0.29) is 18.0 Å². The Morgan fingerprint density at radius 2 is 1.48 bits per heavy atom. The van der Waals surface area contributed by atoms with Crippen LogP contribution in [0.3, 0.4) is 0 Å². The van der Waals surface area contributed by atoms with Gasteiger partial charge in [0.1, 0.15) is 23.9 Å². The number of ether oxygens (including phenoxy) is 4. The summed E-state index contributed by atoms with van der Waals surface area (Å²) in [4.78, 5) is 22.4. The number of aryl methyl sites for hydroxylation is 1. The van der Waals surface area contributed by atoms with E-state index < -0.39 is 0 Å². The second kappa shape index (κ2) is 13.5. The van der Waals surface area contributed by atoms with E-state index in [1.54, 1.807) is 7.11 Å². The molecular formula is C19H28O6. The summed E-state index contributed by atoms with van der Waals surface area (Å²) in [5.74, 6) is 0.660. The maximum Gasteiger partial charge on any atom is 0.140 e. The number of benzene rings is 1. The molecule has 0 bridgehead atoms. The largest absolute Gasteiger partial charge is 0.491 e. The fraction of sp³-hybridized carbons (Fsp3) is 0.579. The maximum absolute atomic E-state index is 11.5. The molecule has 140 valence electrons. The molecule has 0 spiro atoms. The van der Waals surface area contributed by atoms with Gasteiger partial charge in [-0.2, -0.15) is 0 Å². The van der Waals surface area contributed by atoms with Crippen LogP contribution in [0.5, 0.6) is 5.75 Å². The molecule has 0 aliphatic rings. The Hall–Kier alpha value is -1.76. The first-order chi connectivity index (χ1) is 12.1. The van der Waals surface area contributed by atoms with Crippen LogP contribution in [-0.4, -0.2) is 58.3 Å².